The van der Waals surface area contributed by atoms with E-state index in [-0.39, 0.29) is 18.1 Å². The van der Waals surface area contributed by atoms with E-state index in [1.807, 2.05) is 24.3 Å². The van der Waals surface area contributed by atoms with Gasteiger partial charge in [0.15, 0.2) is 0 Å². The minimum absolute atomic E-state index is 0.0585. The van der Waals surface area contributed by atoms with Crippen molar-refractivity contribution >= 4 is 30.9 Å². The number of nitrogens with zero attached hydrogens (tertiary/aromatic N) is 1. The van der Waals surface area contributed by atoms with Crippen LogP contribution in [0.4, 0.5) is 0 Å². The smallest absolute Gasteiger partial charge is 0.213 e. The first-order valence-corrected chi connectivity index (χ1v) is 14.6. The lowest BCUT2D eigenvalue weighted by molar-refractivity contribution is 0.321. The number of aromatic amines is 1. The maximum absolute atomic E-state index is 12.2. The highest BCUT2D eigenvalue weighted by Crippen LogP contribution is 2.35. The van der Waals surface area contributed by atoms with E-state index < -0.39 is 20.0 Å². The Balaban J connectivity index is 1.56. The van der Waals surface area contributed by atoms with Gasteiger partial charge in [0.25, 0.3) is 0 Å². The van der Waals surface area contributed by atoms with Gasteiger partial charge in [-0.2, -0.15) is 0 Å². The first kappa shape index (κ1) is 23.9. The Kier molecular flexibility index (Phi) is 6.95. The summed E-state index contributed by atoms with van der Waals surface area (Å²) in [7, 11) is -6.38. The average Bonchev–Trinajstić information content (AvgIpc) is 3.26. The number of hydrogen-bond acceptors (Lipinski definition) is 4. The van der Waals surface area contributed by atoms with Gasteiger partial charge in [-0.25, -0.2) is 25.9 Å². The van der Waals surface area contributed by atoms with Crippen LogP contribution in [0.1, 0.15) is 43.7 Å². The van der Waals surface area contributed by atoms with Crippen molar-refractivity contribution in [1.82, 2.24) is 14.0 Å². The second-order valence-electron chi connectivity index (χ2n) is 8.50. The Hall–Kier alpha value is -2.20. The van der Waals surface area contributed by atoms with Crippen LogP contribution in [0.3, 0.4) is 0 Å². The number of nitrogens with one attached hydrogen (secondary N) is 2. The van der Waals surface area contributed by atoms with Gasteiger partial charge in [-0.15, -0.1) is 0 Å². The van der Waals surface area contributed by atoms with Crippen molar-refractivity contribution in [2.75, 3.05) is 24.6 Å². The van der Waals surface area contributed by atoms with Crippen LogP contribution in [0.15, 0.2) is 48.7 Å². The Morgan fingerprint density at radius 3 is 2.39 bits per heavy atom. The highest BCUT2D eigenvalue weighted by molar-refractivity contribution is 7.89. The van der Waals surface area contributed by atoms with Gasteiger partial charge < -0.3 is 4.98 Å². The summed E-state index contributed by atoms with van der Waals surface area (Å²) in [6.07, 6.45) is 3.67. The molecule has 4 rings (SSSR count). The molecule has 0 bridgehead atoms. The molecule has 0 aliphatic carbocycles. The fraction of sp³-hybridized carbons (Fsp3) is 0.417. The third-order valence-corrected chi connectivity index (χ3v) is 9.73. The van der Waals surface area contributed by atoms with Gasteiger partial charge in [-0.05, 0) is 73.1 Å². The van der Waals surface area contributed by atoms with Crippen molar-refractivity contribution in [2.45, 2.75) is 39.2 Å². The van der Waals surface area contributed by atoms with Crippen molar-refractivity contribution in [1.29, 1.82) is 0 Å². The van der Waals surface area contributed by atoms with Crippen LogP contribution in [-0.4, -0.2) is 50.7 Å². The summed E-state index contributed by atoms with van der Waals surface area (Å²) in [4.78, 5) is 3.36. The normalized spacial score (nSPS) is 16.4. The topological polar surface area (TPSA) is 99.3 Å². The number of sulfonamides is 2. The van der Waals surface area contributed by atoms with E-state index in [0.717, 1.165) is 40.4 Å². The molecule has 0 radical (unpaired) electrons. The Bertz CT molecular complexity index is 1340. The first-order chi connectivity index (χ1) is 15.7. The number of fused-ring (bicyclic) bond motifs is 1. The van der Waals surface area contributed by atoms with Crippen LogP contribution in [0.2, 0.25) is 0 Å². The predicted octanol–water partition coefficient (Wildman–Crippen LogP) is 3.80. The van der Waals surface area contributed by atoms with Crippen molar-refractivity contribution in [3.63, 3.8) is 0 Å². The molecule has 0 saturated carbocycles. The summed E-state index contributed by atoms with van der Waals surface area (Å²) in [5, 5.41) is 1.15. The number of piperidine rings is 1. The lowest BCUT2D eigenvalue weighted by Gasteiger charge is -2.30. The molecule has 0 unspecified atom stereocenters. The van der Waals surface area contributed by atoms with E-state index in [2.05, 4.69) is 34.1 Å². The average molecular weight is 490 g/mol. The lowest BCUT2D eigenvalue weighted by Crippen LogP contribution is -2.38. The summed E-state index contributed by atoms with van der Waals surface area (Å²) in [6, 6.07) is 14.2. The molecule has 1 fully saturated rings. The highest BCUT2D eigenvalue weighted by atomic mass is 32.2. The molecular weight excluding hydrogens is 458 g/mol. The first-order valence-electron chi connectivity index (χ1n) is 11.4. The van der Waals surface area contributed by atoms with Crippen LogP contribution in [0.5, 0.6) is 0 Å². The van der Waals surface area contributed by atoms with E-state index in [1.165, 1.54) is 5.56 Å². The van der Waals surface area contributed by atoms with E-state index in [0.29, 0.717) is 19.0 Å². The fourth-order valence-electron chi connectivity index (χ4n) is 4.44. The molecule has 178 valence electrons. The summed E-state index contributed by atoms with van der Waals surface area (Å²) < 4.78 is 52.2. The standard InChI is InChI=1S/C24H31N3O4S2/c1-3-32(28,29)26-16-18-6-5-7-20(14-18)21-8-9-24-22(15-21)23(17-25-24)19-10-12-27(13-11-19)33(30,31)4-2/h5-9,14-15,17,19,25-26H,3-4,10-13,16H2,1-2H3. The van der Waals surface area contributed by atoms with Gasteiger partial charge >= 0.3 is 0 Å². The van der Waals surface area contributed by atoms with Gasteiger partial charge in [0.1, 0.15) is 0 Å². The second-order valence-corrected chi connectivity index (χ2v) is 12.9. The largest absolute Gasteiger partial charge is 0.361 e. The molecule has 0 spiro atoms. The fourth-order valence-corrected chi connectivity index (χ4v) is 6.17. The number of hydrogen-bond donors (Lipinski definition) is 2. The van der Waals surface area contributed by atoms with Crippen LogP contribution < -0.4 is 4.72 Å². The van der Waals surface area contributed by atoms with Crippen molar-refractivity contribution in [3.8, 4) is 11.1 Å². The zero-order chi connectivity index (χ0) is 23.6. The molecule has 1 aromatic heterocycles. The van der Waals surface area contributed by atoms with Crippen molar-refractivity contribution < 1.29 is 16.8 Å². The van der Waals surface area contributed by atoms with E-state index in [9.17, 15) is 16.8 Å². The molecular formula is C24H31N3O4S2. The highest BCUT2D eigenvalue weighted by Gasteiger charge is 2.28. The van der Waals surface area contributed by atoms with Gasteiger partial charge in [0, 0.05) is 36.7 Å². The maximum Gasteiger partial charge on any atom is 0.213 e. The number of benzene rings is 2. The maximum atomic E-state index is 12.2. The lowest BCUT2D eigenvalue weighted by atomic mass is 9.89. The summed E-state index contributed by atoms with van der Waals surface area (Å²) in [5.41, 5.74) is 5.29. The quantitative estimate of drug-likeness (QED) is 0.503. The third-order valence-electron chi connectivity index (χ3n) is 6.50. The summed E-state index contributed by atoms with van der Waals surface area (Å²) in [6.45, 7) is 4.69. The van der Waals surface area contributed by atoms with Crippen LogP contribution in [0, 0.1) is 0 Å². The van der Waals surface area contributed by atoms with Crippen LogP contribution >= 0.6 is 0 Å². The van der Waals surface area contributed by atoms with Gasteiger partial charge in [-0.1, -0.05) is 24.3 Å². The zero-order valence-electron chi connectivity index (χ0n) is 19.0. The summed E-state index contributed by atoms with van der Waals surface area (Å²) in [5.74, 6) is 0.516. The molecule has 1 aliphatic rings. The number of aromatic nitrogens is 1. The second kappa shape index (κ2) is 9.58. The molecule has 7 nitrogen and oxygen atoms in total. The number of rotatable bonds is 8. The Morgan fingerprint density at radius 2 is 1.70 bits per heavy atom. The molecule has 2 N–H and O–H groups in total. The predicted molar refractivity (Wildman–Crippen MR) is 133 cm³/mol. The van der Waals surface area contributed by atoms with Gasteiger partial charge in [0.05, 0.1) is 11.5 Å². The SMILES string of the molecule is CCS(=O)(=O)NCc1cccc(-c2ccc3[nH]cc(C4CCN(S(=O)(=O)CC)CC4)c3c2)c1. The van der Waals surface area contributed by atoms with Crippen molar-refractivity contribution in [2.24, 2.45) is 0 Å². The minimum atomic E-state index is -3.24. The molecule has 2 heterocycles. The molecule has 3 aromatic rings. The van der Waals surface area contributed by atoms with E-state index in [1.54, 1.807) is 18.2 Å². The molecule has 0 amide bonds. The Morgan fingerprint density at radius 1 is 0.970 bits per heavy atom. The molecule has 33 heavy (non-hydrogen) atoms. The van der Waals surface area contributed by atoms with Crippen LogP contribution in [-0.2, 0) is 26.6 Å². The van der Waals surface area contributed by atoms with E-state index in [4.69, 9.17) is 0 Å². The monoisotopic (exact) mass is 489 g/mol. The zero-order valence-corrected chi connectivity index (χ0v) is 20.7. The molecule has 9 heteroatoms. The number of H-pyrrole nitrogens is 1. The summed E-state index contributed by atoms with van der Waals surface area (Å²) >= 11 is 0. The molecule has 1 saturated heterocycles. The van der Waals surface area contributed by atoms with Gasteiger partial charge in [0.2, 0.25) is 20.0 Å². The van der Waals surface area contributed by atoms with Crippen molar-refractivity contribution in [3.05, 3.63) is 59.8 Å². The molecule has 0 atom stereocenters. The molecule has 1 aliphatic heterocycles. The Labute approximate surface area is 196 Å². The minimum Gasteiger partial charge on any atom is -0.361 e. The van der Waals surface area contributed by atoms with Crippen LogP contribution in [0.25, 0.3) is 22.0 Å². The third kappa shape index (κ3) is 5.32. The van der Waals surface area contributed by atoms with E-state index >= 15 is 0 Å². The van der Waals surface area contributed by atoms with Gasteiger partial charge in [-0.3, -0.25) is 0 Å². The molecule has 2 aromatic carbocycles.